The number of hydrogen-bond donors (Lipinski definition) is 0. The Morgan fingerprint density at radius 3 is 2.61 bits per heavy atom. The van der Waals surface area contributed by atoms with Gasteiger partial charge < -0.3 is 0 Å². The van der Waals surface area contributed by atoms with Crippen LogP contribution in [0.2, 0.25) is 0 Å². The molecule has 2 heteroatoms. The van der Waals surface area contributed by atoms with Gasteiger partial charge >= 0.3 is 0 Å². The van der Waals surface area contributed by atoms with Gasteiger partial charge in [-0.25, -0.2) is 0 Å². The van der Waals surface area contributed by atoms with Crippen molar-refractivity contribution in [3.63, 3.8) is 0 Å². The van der Waals surface area contributed by atoms with Crippen molar-refractivity contribution < 1.29 is 9.59 Å². The van der Waals surface area contributed by atoms with E-state index in [9.17, 15) is 9.59 Å². The van der Waals surface area contributed by atoms with Gasteiger partial charge in [0, 0.05) is 18.3 Å². The van der Waals surface area contributed by atoms with E-state index in [0.29, 0.717) is 18.6 Å². The summed E-state index contributed by atoms with van der Waals surface area (Å²) in [6, 6.07) is 9.83. The van der Waals surface area contributed by atoms with Crippen LogP contribution in [0, 0.1) is 5.92 Å². The molecule has 1 aromatic rings. The summed E-state index contributed by atoms with van der Waals surface area (Å²) < 4.78 is 0. The second-order valence-corrected chi connectivity index (χ2v) is 5.22. The molecule has 1 aliphatic carbocycles. The minimum atomic E-state index is -0.113. The fourth-order valence-corrected chi connectivity index (χ4v) is 2.81. The monoisotopic (exact) mass is 244 g/mol. The summed E-state index contributed by atoms with van der Waals surface area (Å²) >= 11 is 0. The molecule has 0 aliphatic heterocycles. The number of carbonyl (C=O) groups is 2. The first-order chi connectivity index (χ1) is 8.68. The fraction of sp³-hybridized carbons (Fsp3) is 0.500. The maximum absolute atomic E-state index is 11.9. The zero-order valence-corrected chi connectivity index (χ0v) is 10.9. The van der Waals surface area contributed by atoms with Gasteiger partial charge in [0.1, 0.15) is 11.6 Å². The summed E-state index contributed by atoms with van der Waals surface area (Å²) in [7, 11) is 0. The summed E-state index contributed by atoms with van der Waals surface area (Å²) in [4.78, 5) is 23.7. The van der Waals surface area contributed by atoms with E-state index >= 15 is 0 Å². The Morgan fingerprint density at radius 1 is 1.28 bits per heavy atom. The van der Waals surface area contributed by atoms with Crippen molar-refractivity contribution in [2.75, 3.05) is 0 Å². The normalized spacial score (nSPS) is 21.6. The predicted octanol–water partition coefficient (Wildman–Crippen LogP) is 3.51. The largest absolute Gasteiger partial charge is 0.299 e. The van der Waals surface area contributed by atoms with Gasteiger partial charge in [-0.2, -0.15) is 0 Å². The molecule has 0 aromatic heterocycles. The van der Waals surface area contributed by atoms with Gasteiger partial charge in [-0.1, -0.05) is 36.8 Å². The highest BCUT2D eigenvalue weighted by atomic mass is 16.1. The van der Waals surface area contributed by atoms with Gasteiger partial charge in [-0.15, -0.1) is 0 Å². The lowest BCUT2D eigenvalue weighted by atomic mass is 9.78. The van der Waals surface area contributed by atoms with E-state index in [1.54, 1.807) is 6.92 Å². The lowest BCUT2D eigenvalue weighted by Gasteiger charge is -2.24. The molecular formula is C16H20O2. The molecular weight excluding hydrogens is 224 g/mol. The summed E-state index contributed by atoms with van der Waals surface area (Å²) in [6.45, 7) is 1.63. The summed E-state index contributed by atoms with van der Waals surface area (Å²) in [5.41, 5.74) is 1.04. The maximum Gasteiger partial charge on any atom is 0.137 e. The van der Waals surface area contributed by atoms with Crippen LogP contribution in [0.3, 0.4) is 0 Å². The van der Waals surface area contributed by atoms with E-state index in [4.69, 9.17) is 0 Å². The molecule has 0 radical (unpaired) electrons. The molecule has 96 valence electrons. The van der Waals surface area contributed by atoms with E-state index in [-0.39, 0.29) is 17.6 Å². The second-order valence-electron chi connectivity index (χ2n) is 5.22. The standard InChI is InChI=1S/C16H20O2/c1-12(17)15(13-7-3-2-4-8-13)11-14-9-5-6-10-16(14)18/h2-4,7-8,14-15H,5-6,9-11H2,1H3. The van der Waals surface area contributed by atoms with E-state index in [1.165, 1.54) is 0 Å². The first-order valence-corrected chi connectivity index (χ1v) is 6.76. The number of carbonyl (C=O) groups excluding carboxylic acids is 2. The van der Waals surface area contributed by atoms with Crippen LogP contribution in [0.4, 0.5) is 0 Å². The van der Waals surface area contributed by atoms with Crippen LogP contribution in [-0.4, -0.2) is 11.6 Å². The van der Waals surface area contributed by atoms with Crippen LogP contribution in [0.5, 0.6) is 0 Å². The van der Waals surface area contributed by atoms with Crippen molar-refractivity contribution in [1.29, 1.82) is 0 Å². The highest BCUT2D eigenvalue weighted by Crippen LogP contribution is 2.31. The molecule has 0 heterocycles. The molecule has 0 saturated heterocycles. The van der Waals surface area contributed by atoms with Crippen molar-refractivity contribution >= 4 is 11.6 Å². The van der Waals surface area contributed by atoms with Crippen LogP contribution < -0.4 is 0 Å². The lowest BCUT2D eigenvalue weighted by molar-refractivity contribution is -0.125. The van der Waals surface area contributed by atoms with Gasteiger partial charge in [-0.3, -0.25) is 9.59 Å². The Kier molecular flexibility index (Phi) is 4.29. The Balaban J connectivity index is 2.12. The molecule has 2 nitrogen and oxygen atoms in total. The Bertz CT molecular complexity index is 422. The number of ketones is 2. The van der Waals surface area contributed by atoms with Crippen LogP contribution >= 0.6 is 0 Å². The zero-order valence-electron chi connectivity index (χ0n) is 10.9. The third-order valence-electron chi connectivity index (χ3n) is 3.89. The van der Waals surface area contributed by atoms with Gasteiger partial charge in [0.2, 0.25) is 0 Å². The van der Waals surface area contributed by atoms with E-state index in [2.05, 4.69) is 0 Å². The third-order valence-corrected chi connectivity index (χ3v) is 3.89. The smallest absolute Gasteiger partial charge is 0.137 e. The van der Waals surface area contributed by atoms with Gasteiger partial charge in [0.05, 0.1) is 0 Å². The Labute approximate surface area is 108 Å². The molecule has 0 bridgehead atoms. The molecule has 1 saturated carbocycles. The van der Waals surface area contributed by atoms with E-state index in [0.717, 1.165) is 24.8 Å². The van der Waals surface area contributed by atoms with Crippen LogP contribution in [-0.2, 0) is 9.59 Å². The molecule has 1 aliphatic rings. The van der Waals surface area contributed by atoms with Gasteiger partial charge in [0.25, 0.3) is 0 Å². The zero-order chi connectivity index (χ0) is 13.0. The molecule has 1 fully saturated rings. The predicted molar refractivity (Wildman–Crippen MR) is 71.4 cm³/mol. The van der Waals surface area contributed by atoms with Crippen molar-refractivity contribution in [3.8, 4) is 0 Å². The summed E-state index contributed by atoms with van der Waals surface area (Å²) in [5.74, 6) is 0.495. The van der Waals surface area contributed by atoms with Crippen LogP contribution in [0.25, 0.3) is 0 Å². The SMILES string of the molecule is CC(=O)C(CC1CCCCC1=O)c1ccccc1. The van der Waals surface area contributed by atoms with E-state index in [1.807, 2.05) is 30.3 Å². The molecule has 0 N–H and O–H groups in total. The number of benzene rings is 1. The first kappa shape index (κ1) is 13.0. The number of hydrogen-bond acceptors (Lipinski definition) is 2. The Morgan fingerprint density at radius 2 is 2.00 bits per heavy atom. The molecule has 2 atom stereocenters. The molecule has 0 amide bonds. The average molecular weight is 244 g/mol. The summed E-state index contributed by atoms with van der Waals surface area (Å²) in [5, 5.41) is 0. The summed E-state index contributed by atoms with van der Waals surface area (Å²) in [6.07, 6.45) is 4.49. The highest BCUT2D eigenvalue weighted by molar-refractivity contribution is 5.86. The van der Waals surface area contributed by atoms with Crippen molar-refractivity contribution in [2.45, 2.75) is 44.9 Å². The van der Waals surface area contributed by atoms with Crippen LogP contribution in [0.15, 0.2) is 30.3 Å². The van der Waals surface area contributed by atoms with Crippen molar-refractivity contribution in [1.82, 2.24) is 0 Å². The first-order valence-electron chi connectivity index (χ1n) is 6.76. The maximum atomic E-state index is 11.9. The molecule has 2 unspecified atom stereocenters. The van der Waals surface area contributed by atoms with Crippen LogP contribution in [0.1, 0.15) is 50.5 Å². The number of Topliss-reactive ketones (excluding diaryl/α,β-unsaturated/α-hetero) is 2. The second kappa shape index (κ2) is 5.94. The van der Waals surface area contributed by atoms with Gasteiger partial charge in [-0.05, 0) is 31.7 Å². The number of rotatable bonds is 4. The quantitative estimate of drug-likeness (QED) is 0.812. The minimum Gasteiger partial charge on any atom is -0.299 e. The highest BCUT2D eigenvalue weighted by Gasteiger charge is 2.28. The molecule has 2 rings (SSSR count). The lowest BCUT2D eigenvalue weighted by Crippen LogP contribution is -2.23. The fourth-order valence-electron chi connectivity index (χ4n) is 2.81. The molecule has 1 aromatic carbocycles. The third kappa shape index (κ3) is 3.06. The topological polar surface area (TPSA) is 34.1 Å². The van der Waals surface area contributed by atoms with Crippen molar-refractivity contribution in [3.05, 3.63) is 35.9 Å². The van der Waals surface area contributed by atoms with E-state index < -0.39 is 0 Å². The molecule has 18 heavy (non-hydrogen) atoms. The average Bonchev–Trinajstić information content (AvgIpc) is 2.38. The molecule has 0 spiro atoms. The van der Waals surface area contributed by atoms with Gasteiger partial charge in [0.15, 0.2) is 0 Å². The minimum absolute atomic E-state index is 0.0906. The van der Waals surface area contributed by atoms with Crippen molar-refractivity contribution in [2.24, 2.45) is 5.92 Å². The Hall–Kier alpha value is -1.44.